The van der Waals surface area contributed by atoms with Gasteiger partial charge >= 0.3 is 0 Å². The number of likely N-dealkylation sites (tertiary alicyclic amines) is 1. The van der Waals surface area contributed by atoms with E-state index in [1.807, 2.05) is 20.0 Å². The summed E-state index contributed by atoms with van der Waals surface area (Å²) in [6.45, 7) is 12.2. The summed E-state index contributed by atoms with van der Waals surface area (Å²) >= 11 is 0. The van der Waals surface area contributed by atoms with Crippen LogP contribution in [0.1, 0.15) is 58.9 Å². The number of carbonyl (C=O) groups excluding carboxylic acids is 1. The summed E-state index contributed by atoms with van der Waals surface area (Å²) in [6.07, 6.45) is 5.99. The van der Waals surface area contributed by atoms with Gasteiger partial charge in [0.15, 0.2) is 6.23 Å². The predicted molar refractivity (Wildman–Crippen MR) is 97.8 cm³/mol. The Hall–Kier alpha value is -1.81. The third kappa shape index (κ3) is 3.99. The number of amides is 1. The van der Waals surface area contributed by atoms with Gasteiger partial charge in [0.1, 0.15) is 0 Å². The summed E-state index contributed by atoms with van der Waals surface area (Å²) in [5.74, 6) is -0.261. The number of nitrogens with one attached hydrogen (secondary N) is 1. The summed E-state index contributed by atoms with van der Waals surface area (Å²) in [7, 11) is 0. The Morgan fingerprint density at radius 1 is 0.958 bits per heavy atom. The fourth-order valence-electron chi connectivity index (χ4n) is 3.43. The van der Waals surface area contributed by atoms with E-state index in [0.29, 0.717) is 0 Å². The third-order valence-corrected chi connectivity index (χ3v) is 5.44. The Kier molecular flexibility index (Phi) is 6.05. The molecule has 0 saturated carbocycles. The lowest BCUT2D eigenvalue weighted by Crippen LogP contribution is -2.30. The van der Waals surface area contributed by atoms with Crippen LogP contribution in [0.3, 0.4) is 0 Å². The van der Waals surface area contributed by atoms with Crippen molar-refractivity contribution in [3.8, 4) is 0 Å². The highest BCUT2D eigenvalue weighted by Crippen LogP contribution is 2.29. The van der Waals surface area contributed by atoms with Gasteiger partial charge in [0.25, 0.3) is 0 Å². The number of carbonyl (C=O) groups is 1. The molecule has 1 aromatic carbocycles. The number of hydrogen-bond donors (Lipinski definition) is 2. The van der Waals surface area contributed by atoms with Crippen LogP contribution >= 0.6 is 0 Å². The molecule has 1 aliphatic rings. The van der Waals surface area contributed by atoms with Crippen molar-refractivity contribution >= 4 is 5.91 Å². The number of benzene rings is 1. The lowest BCUT2D eigenvalue weighted by atomic mass is 9.89. The largest absolute Gasteiger partial charge is 0.377 e. The minimum absolute atomic E-state index is 0.261. The summed E-state index contributed by atoms with van der Waals surface area (Å²) < 4.78 is 0. The van der Waals surface area contributed by atoms with Crippen LogP contribution in [0.2, 0.25) is 0 Å². The Bertz CT molecular complexity index is 615. The topological polar surface area (TPSA) is 52.6 Å². The van der Waals surface area contributed by atoms with E-state index in [4.69, 9.17) is 0 Å². The van der Waals surface area contributed by atoms with Crippen molar-refractivity contribution in [3.63, 3.8) is 0 Å². The van der Waals surface area contributed by atoms with Gasteiger partial charge in [-0.05, 0) is 81.7 Å². The smallest absolute Gasteiger partial charge is 0.247 e. The number of hydrogen-bond acceptors (Lipinski definition) is 3. The van der Waals surface area contributed by atoms with E-state index in [1.165, 1.54) is 42.0 Å². The Labute approximate surface area is 145 Å². The van der Waals surface area contributed by atoms with Gasteiger partial charge in [-0.1, -0.05) is 0 Å². The lowest BCUT2D eigenvalue weighted by Gasteiger charge is -2.25. The normalized spacial score (nSPS) is 16.5. The molecule has 0 radical (unpaired) electrons. The molecule has 4 nitrogen and oxygen atoms in total. The summed E-state index contributed by atoms with van der Waals surface area (Å²) in [6, 6.07) is 0. The third-order valence-electron chi connectivity index (χ3n) is 5.44. The van der Waals surface area contributed by atoms with E-state index >= 15 is 0 Å². The number of aliphatic hydroxyl groups excluding tert-OH is 1. The second-order valence-corrected chi connectivity index (χ2v) is 6.86. The standard InChI is InChI=1S/C20H30N2O2/c1-13-14(2)16(4)19(17(5)15(13)3)20(24)21-18(23)9-12-22-10-7-6-8-11-22/h9,12,20,24H,6-8,10-11H2,1-5H3,(H,21,23). The molecular weight excluding hydrogens is 300 g/mol. The second-order valence-electron chi connectivity index (χ2n) is 6.86. The molecule has 1 aromatic rings. The van der Waals surface area contributed by atoms with Gasteiger partial charge in [-0.2, -0.15) is 0 Å². The van der Waals surface area contributed by atoms with Crippen molar-refractivity contribution in [3.05, 3.63) is 45.7 Å². The average molecular weight is 330 g/mol. The Morgan fingerprint density at radius 2 is 1.46 bits per heavy atom. The number of rotatable bonds is 4. The molecule has 0 bridgehead atoms. The number of piperidine rings is 1. The molecule has 1 saturated heterocycles. The van der Waals surface area contributed by atoms with Crippen LogP contribution in [0, 0.1) is 34.6 Å². The van der Waals surface area contributed by atoms with Crippen LogP contribution in [0.25, 0.3) is 0 Å². The molecule has 1 aliphatic heterocycles. The first-order chi connectivity index (χ1) is 11.3. The van der Waals surface area contributed by atoms with E-state index in [1.54, 1.807) is 0 Å². The molecule has 0 aromatic heterocycles. The van der Waals surface area contributed by atoms with Crippen LogP contribution in [-0.2, 0) is 4.79 Å². The van der Waals surface area contributed by atoms with Crippen LogP contribution in [0.4, 0.5) is 0 Å². The van der Waals surface area contributed by atoms with Gasteiger partial charge in [-0.25, -0.2) is 0 Å². The van der Waals surface area contributed by atoms with Crippen molar-refractivity contribution < 1.29 is 9.90 Å². The Balaban J connectivity index is 2.10. The minimum atomic E-state index is -0.985. The van der Waals surface area contributed by atoms with E-state index < -0.39 is 6.23 Å². The maximum absolute atomic E-state index is 12.1. The molecule has 1 atom stereocenters. The molecule has 2 N–H and O–H groups in total. The zero-order valence-electron chi connectivity index (χ0n) is 15.6. The predicted octanol–water partition coefficient (Wildman–Crippen LogP) is 3.34. The van der Waals surface area contributed by atoms with Crippen molar-refractivity contribution in [2.45, 2.75) is 60.1 Å². The van der Waals surface area contributed by atoms with Crippen LogP contribution in [0.5, 0.6) is 0 Å². The second kappa shape index (κ2) is 7.84. The van der Waals surface area contributed by atoms with Crippen LogP contribution < -0.4 is 5.32 Å². The van der Waals surface area contributed by atoms with Crippen molar-refractivity contribution in [1.82, 2.24) is 10.2 Å². The van der Waals surface area contributed by atoms with Crippen molar-refractivity contribution in [2.75, 3.05) is 13.1 Å². The molecule has 2 rings (SSSR count). The maximum atomic E-state index is 12.1. The monoisotopic (exact) mass is 330 g/mol. The fraction of sp³-hybridized carbons (Fsp3) is 0.550. The van der Waals surface area contributed by atoms with Crippen molar-refractivity contribution in [2.24, 2.45) is 0 Å². The molecule has 0 aliphatic carbocycles. The van der Waals surface area contributed by atoms with E-state index in [2.05, 4.69) is 31.0 Å². The lowest BCUT2D eigenvalue weighted by molar-refractivity contribution is -0.119. The number of nitrogens with zero attached hydrogens (tertiary/aromatic N) is 1. The zero-order chi connectivity index (χ0) is 17.9. The van der Waals surface area contributed by atoms with E-state index in [9.17, 15) is 9.90 Å². The molecular formula is C20H30N2O2. The van der Waals surface area contributed by atoms with Crippen LogP contribution in [0.15, 0.2) is 12.3 Å². The van der Waals surface area contributed by atoms with Crippen molar-refractivity contribution in [1.29, 1.82) is 0 Å². The van der Waals surface area contributed by atoms with Gasteiger partial charge in [-0.15, -0.1) is 0 Å². The van der Waals surface area contributed by atoms with Gasteiger partial charge < -0.3 is 15.3 Å². The molecule has 132 valence electrons. The summed E-state index contributed by atoms with van der Waals surface area (Å²) in [4.78, 5) is 14.3. The van der Waals surface area contributed by atoms with Gasteiger partial charge in [0.05, 0.1) is 0 Å². The first kappa shape index (κ1) is 18.5. The highest BCUT2D eigenvalue weighted by Gasteiger charge is 2.19. The van der Waals surface area contributed by atoms with Crippen LogP contribution in [-0.4, -0.2) is 29.0 Å². The molecule has 0 spiro atoms. The fourth-order valence-corrected chi connectivity index (χ4v) is 3.43. The molecule has 1 heterocycles. The zero-order valence-corrected chi connectivity index (χ0v) is 15.6. The molecule has 1 unspecified atom stereocenters. The summed E-state index contributed by atoms with van der Waals surface area (Å²) in [5, 5.41) is 13.2. The molecule has 24 heavy (non-hydrogen) atoms. The quantitative estimate of drug-likeness (QED) is 0.658. The highest BCUT2D eigenvalue weighted by atomic mass is 16.3. The number of aliphatic hydroxyl groups is 1. The Morgan fingerprint density at radius 3 is 2.00 bits per heavy atom. The van der Waals surface area contributed by atoms with E-state index in [0.717, 1.165) is 29.8 Å². The van der Waals surface area contributed by atoms with Gasteiger partial charge in [0.2, 0.25) is 5.91 Å². The first-order valence-electron chi connectivity index (χ1n) is 8.80. The first-order valence-corrected chi connectivity index (χ1v) is 8.80. The molecule has 1 amide bonds. The molecule has 1 fully saturated rings. The average Bonchev–Trinajstić information content (AvgIpc) is 2.57. The minimum Gasteiger partial charge on any atom is -0.377 e. The van der Waals surface area contributed by atoms with Gasteiger partial charge in [0, 0.05) is 30.9 Å². The highest BCUT2D eigenvalue weighted by molar-refractivity contribution is 5.87. The van der Waals surface area contributed by atoms with E-state index in [-0.39, 0.29) is 5.91 Å². The molecule has 4 heteroatoms. The van der Waals surface area contributed by atoms with Gasteiger partial charge in [-0.3, -0.25) is 4.79 Å². The SMILES string of the molecule is Cc1c(C)c(C)c(C(O)NC(=O)C=CN2CCCCC2)c(C)c1C. The maximum Gasteiger partial charge on any atom is 0.247 e. The summed E-state index contributed by atoms with van der Waals surface area (Å²) in [5.41, 5.74) is 6.50.